The molecule has 3 N–H and O–H groups in total. The summed E-state index contributed by atoms with van der Waals surface area (Å²) in [5, 5.41) is 21.4. The molecule has 3 aliphatic heterocycles. The second kappa shape index (κ2) is 7.50. The largest absolute Gasteiger partial charge is 0.365 e. The summed E-state index contributed by atoms with van der Waals surface area (Å²) in [4.78, 5) is 23.6. The van der Waals surface area contributed by atoms with Crippen molar-refractivity contribution in [2.24, 2.45) is 10.3 Å². The van der Waals surface area contributed by atoms with Gasteiger partial charge >= 0.3 is 6.29 Å². The Morgan fingerprint density at radius 1 is 1.03 bits per heavy atom. The third-order valence-electron chi connectivity index (χ3n) is 6.19. The van der Waals surface area contributed by atoms with Crippen molar-refractivity contribution in [1.29, 1.82) is 0 Å². The summed E-state index contributed by atoms with van der Waals surface area (Å²) in [6, 6.07) is 22.0. The topological polar surface area (TPSA) is 98.3 Å². The number of carbonyl (C=O) groups is 1. The molecule has 0 aliphatic carbocycles. The Bertz CT molecular complexity index is 1340. The average Bonchev–Trinajstić information content (AvgIpc) is 3.25. The number of amides is 1. The van der Waals surface area contributed by atoms with E-state index in [0.717, 1.165) is 27.1 Å². The average molecular weight is 505 g/mol. The molecular weight excluding hydrogens is 486 g/mol. The number of rotatable bonds is 2. The van der Waals surface area contributed by atoms with Crippen LogP contribution in [0.2, 0.25) is 0 Å². The Labute approximate surface area is 197 Å². The predicted octanol–water partition coefficient (Wildman–Crippen LogP) is 4.61. The van der Waals surface area contributed by atoms with Crippen molar-refractivity contribution < 1.29 is 19.4 Å². The lowest BCUT2D eigenvalue weighted by atomic mass is 9.84. The quantitative estimate of drug-likeness (QED) is 0.443. The Hall–Kier alpha value is -3.56. The summed E-state index contributed by atoms with van der Waals surface area (Å²) in [5.41, 5.74) is 3.23. The molecule has 1 amide bonds. The maximum absolute atomic E-state index is 13.4. The molecule has 3 heterocycles. The highest BCUT2D eigenvalue weighted by atomic mass is 79.9. The second-order valence-corrected chi connectivity index (χ2v) is 9.09. The molecule has 164 valence electrons. The number of halogens is 1. The Balaban J connectivity index is 1.51. The first-order valence-corrected chi connectivity index (χ1v) is 11.3. The molecule has 3 aromatic rings. The van der Waals surface area contributed by atoms with Gasteiger partial charge in [-0.15, -0.1) is 0 Å². The van der Waals surface area contributed by atoms with E-state index in [-0.39, 0.29) is 12.3 Å². The lowest BCUT2D eigenvalue weighted by Crippen LogP contribution is -2.47. The van der Waals surface area contributed by atoms with Crippen LogP contribution in [0.1, 0.15) is 12.0 Å². The van der Waals surface area contributed by atoms with Crippen LogP contribution in [0.25, 0.3) is 0 Å². The predicted molar refractivity (Wildman–Crippen MR) is 126 cm³/mol. The summed E-state index contributed by atoms with van der Waals surface area (Å²) in [6.45, 7) is 0. The van der Waals surface area contributed by atoms with Crippen LogP contribution in [0.4, 0.5) is 22.7 Å². The van der Waals surface area contributed by atoms with Gasteiger partial charge in [0.05, 0.1) is 17.1 Å². The first-order valence-electron chi connectivity index (χ1n) is 10.5. The van der Waals surface area contributed by atoms with Crippen LogP contribution in [-0.4, -0.2) is 33.8 Å². The van der Waals surface area contributed by atoms with Crippen molar-refractivity contribution in [2.75, 3.05) is 10.6 Å². The summed E-state index contributed by atoms with van der Waals surface area (Å²) >= 11 is 3.44. The molecule has 0 fully saturated rings. The van der Waals surface area contributed by atoms with Crippen molar-refractivity contribution in [1.82, 2.24) is 0 Å². The fraction of sp³-hybridized carbons (Fsp3) is 0.167. The molecule has 8 nitrogen and oxygen atoms in total. The number of hydrogen-bond donors (Lipinski definition) is 3. The van der Waals surface area contributed by atoms with Crippen LogP contribution in [0.3, 0.4) is 0 Å². The van der Waals surface area contributed by atoms with Crippen molar-refractivity contribution in [3.05, 3.63) is 82.8 Å². The zero-order valence-electron chi connectivity index (χ0n) is 17.3. The number of aliphatic imine (C=N–C) groups is 1. The van der Waals surface area contributed by atoms with E-state index < -0.39 is 17.9 Å². The van der Waals surface area contributed by atoms with Crippen LogP contribution in [0.5, 0.6) is 0 Å². The van der Waals surface area contributed by atoms with E-state index in [1.807, 2.05) is 72.8 Å². The number of aliphatic hydroxyl groups is 1. The standard InChI is InChI=1S/C24H18BrN5O3/c25-14-9-11-15(12-10-14)30-21(22(31)33-29-30)20-13-24(28-19-8-4-3-7-18(19)26-20)16-5-1-2-6-17(16)27-23(24)32/h1-12,21-22,28,31H,13H2/p+1. The van der Waals surface area contributed by atoms with E-state index in [2.05, 4.69) is 31.8 Å². The van der Waals surface area contributed by atoms with Gasteiger partial charge in [0.1, 0.15) is 0 Å². The minimum absolute atomic E-state index is 0.173. The molecule has 3 unspecified atom stereocenters. The lowest BCUT2D eigenvalue weighted by Gasteiger charge is -2.29. The summed E-state index contributed by atoms with van der Waals surface area (Å²) in [7, 11) is 0. The van der Waals surface area contributed by atoms with Gasteiger partial charge in [-0.3, -0.25) is 4.79 Å². The van der Waals surface area contributed by atoms with Crippen molar-refractivity contribution in [3.8, 4) is 0 Å². The second-order valence-electron chi connectivity index (χ2n) is 8.17. The van der Waals surface area contributed by atoms with Crippen molar-refractivity contribution in [3.63, 3.8) is 0 Å². The van der Waals surface area contributed by atoms with E-state index >= 15 is 0 Å². The van der Waals surface area contributed by atoms with Crippen molar-refractivity contribution >= 4 is 50.3 Å². The molecule has 0 radical (unpaired) electrons. The van der Waals surface area contributed by atoms with Crippen LogP contribution < -0.4 is 10.6 Å². The SMILES string of the molecule is O=C1Nc2ccccc2C12CC(C1C(O)ON=[N+]1c1ccc(Br)cc1)=Nc1ccccc1N2. The molecule has 3 aromatic carbocycles. The normalized spacial score (nSPS) is 25.2. The minimum atomic E-state index is -1.24. The number of nitrogens with one attached hydrogen (secondary N) is 2. The first kappa shape index (κ1) is 20.1. The fourth-order valence-electron chi connectivity index (χ4n) is 4.64. The fourth-order valence-corrected chi connectivity index (χ4v) is 4.90. The molecule has 3 aliphatic rings. The lowest BCUT2D eigenvalue weighted by molar-refractivity contribution is -0.529. The number of nitrogens with zero attached hydrogens (tertiary/aromatic N) is 3. The maximum atomic E-state index is 13.4. The van der Waals surface area contributed by atoms with E-state index in [9.17, 15) is 9.90 Å². The van der Waals surface area contributed by atoms with Crippen LogP contribution in [0.15, 0.2) is 87.5 Å². The van der Waals surface area contributed by atoms with Crippen LogP contribution in [0, 0.1) is 0 Å². The molecule has 0 bridgehead atoms. The number of aliphatic hydroxyl groups excluding tert-OH is 1. The maximum Gasteiger partial charge on any atom is 0.301 e. The highest BCUT2D eigenvalue weighted by Crippen LogP contribution is 2.46. The molecule has 33 heavy (non-hydrogen) atoms. The highest BCUT2D eigenvalue weighted by molar-refractivity contribution is 9.10. The van der Waals surface area contributed by atoms with Crippen molar-refractivity contribution in [2.45, 2.75) is 24.3 Å². The molecule has 0 aromatic heterocycles. The van der Waals surface area contributed by atoms with Gasteiger partial charge in [0.15, 0.2) is 10.8 Å². The van der Waals surface area contributed by atoms with Gasteiger partial charge in [-0.25, -0.2) is 4.99 Å². The van der Waals surface area contributed by atoms with Gasteiger partial charge in [-0.05, 0) is 35.0 Å². The van der Waals surface area contributed by atoms with Gasteiger partial charge in [0.25, 0.3) is 11.9 Å². The zero-order valence-corrected chi connectivity index (χ0v) is 18.9. The molecule has 0 saturated carbocycles. The summed E-state index contributed by atoms with van der Waals surface area (Å²) in [6.07, 6.45) is -1.02. The molecule has 3 atom stereocenters. The number of fused-ring (bicyclic) bond motifs is 3. The highest BCUT2D eigenvalue weighted by Gasteiger charge is 2.54. The minimum Gasteiger partial charge on any atom is -0.365 e. The smallest absolute Gasteiger partial charge is 0.301 e. The molecule has 9 heteroatoms. The van der Waals surface area contributed by atoms with Gasteiger partial charge in [-0.2, -0.15) is 0 Å². The van der Waals surface area contributed by atoms with Gasteiger partial charge < -0.3 is 20.6 Å². The first-order chi connectivity index (χ1) is 16.0. The number of benzene rings is 3. The molecule has 6 rings (SSSR count). The number of para-hydroxylation sites is 3. The molecule has 1 spiro atoms. The zero-order chi connectivity index (χ0) is 22.6. The van der Waals surface area contributed by atoms with Crippen LogP contribution in [-0.2, 0) is 15.2 Å². The third kappa shape index (κ3) is 3.15. The van der Waals surface area contributed by atoms with Gasteiger partial charge in [0, 0.05) is 34.3 Å². The Kier molecular flexibility index (Phi) is 4.56. The van der Waals surface area contributed by atoms with E-state index in [1.165, 1.54) is 0 Å². The van der Waals surface area contributed by atoms with Gasteiger partial charge in [0.2, 0.25) is 5.69 Å². The molecule has 0 saturated heterocycles. The van der Waals surface area contributed by atoms with Gasteiger partial charge in [-0.1, -0.05) is 46.3 Å². The monoisotopic (exact) mass is 504 g/mol. The van der Waals surface area contributed by atoms with Crippen LogP contribution >= 0.6 is 15.9 Å². The van der Waals surface area contributed by atoms with E-state index in [4.69, 9.17) is 9.83 Å². The number of hydrogen-bond acceptors (Lipinski definition) is 6. The summed E-state index contributed by atoms with van der Waals surface area (Å²) < 4.78 is 2.53. The molecular formula is C24H19BrN5O3+. The summed E-state index contributed by atoms with van der Waals surface area (Å²) in [5.74, 6) is -0.173. The Morgan fingerprint density at radius 3 is 2.58 bits per heavy atom. The van der Waals surface area contributed by atoms with E-state index in [0.29, 0.717) is 11.4 Å². The number of anilines is 2. The van der Waals surface area contributed by atoms with E-state index in [1.54, 1.807) is 4.70 Å². The third-order valence-corrected chi connectivity index (χ3v) is 6.72. The Morgan fingerprint density at radius 2 is 1.76 bits per heavy atom. The number of carbonyl (C=O) groups excluding carboxylic acids is 1.